The summed E-state index contributed by atoms with van der Waals surface area (Å²) in [5, 5.41) is 2.57. The lowest BCUT2D eigenvalue weighted by Crippen LogP contribution is -2.42. The van der Waals surface area contributed by atoms with Gasteiger partial charge in [0.25, 0.3) is 11.5 Å². The van der Waals surface area contributed by atoms with Crippen molar-refractivity contribution < 1.29 is 22.4 Å². The molecule has 5 nitrogen and oxygen atoms in total. The molecular weight excluding hydrogens is 354 g/mol. The third-order valence-electron chi connectivity index (χ3n) is 3.81. The standard InChI is InChI=1S/C17H17F4N3O2/c1-8-5-11(17(19,20)21)12(18)6-10(8)16(3,4)24-15(26)13-7-14(25)23-9(2)22-13/h5-7H,1-4H3,(H,24,26)(H,22,23,25). The second kappa shape index (κ2) is 6.54. The maximum Gasteiger partial charge on any atom is 0.419 e. The van der Waals surface area contributed by atoms with E-state index < -0.39 is 34.6 Å². The summed E-state index contributed by atoms with van der Waals surface area (Å²) in [7, 11) is 0. The van der Waals surface area contributed by atoms with Crippen molar-refractivity contribution in [3.8, 4) is 0 Å². The van der Waals surface area contributed by atoms with Crippen molar-refractivity contribution in [3.63, 3.8) is 0 Å². The molecule has 0 aliphatic heterocycles. The van der Waals surface area contributed by atoms with E-state index in [0.717, 1.165) is 12.1 Å². The number of H-pyrrole nitrogens is 1. The summed E-state index contributed by atoms with van der Waals surface area (Å²) < 4.78 is 52.4. The number of aromatic amines is 1. The van der Waals surface area contributed by atoms with E-state index in [1.165, 1.54) is 27.7 Å². The number of benzene rings is 1. The number of hydrogen-bond acceptors (Lipinski definition) is 3. The molecule has 9 heteroatoms. The number of aromatic nitrogens is 2. The molecule has 1 aromatic heterocycles. The van der Waals surface area contributed by atoms with Crippen LogP contribution >= 0.6 is 0 Å². The highest BCUT2D eigenvalue weighted by molar-refractivity contribution is 5.92. The zero-order valence-electron chi connectivity index (χ0n) is 14.5. The number of carbonyl (C=O) groups excluding carboxylic acids is 1. The quantitative estimate of drug-likeness (QED) is 0.814. The smallest absolute Gasteiger partial charge is 0.342 e. The Morgan fingerprint density at radius 3 is 2.27 bits per heavy atom. The maximum atomic E-state index is 13.9. The number of alkyl halides is 3. The van der Waals surface area contributed by atoms with E-state index in [2.05, 4.69) is 15.3 Å². The van der Waals surface area contributed by atoms with Gasteiger partial charge in [0, 0.05) is 6.07 Å². The third-order valence-corrected chi connectivity index (χ3v) is 3.81. The predicted molar refractivity (Wildman–Crippen MR) is 86.2 cm³/mol. The van der Waals surface area contributed by atoms with Crippen LogP contribution in [0.4, 0.5) is 17.6 Å². The minimum absolute atomic E-state index is 0.149. The molecule has 0 saturated heterocycles. The molecule has 0 fully saturated rings. The molecule has 1 amide bonds. The van der Waals surface area contributed by atoms with Gasteiger partial charge in [-0.1, -0.05) is 0 Å². The van der Waals surface area contributed by atoms with Crippen LogP contribution in [0.5, 0.6) is 0 Å². The van der Waals surface area contributed by atoms with Crippen LogP contribution in [0, 0.1) is 19.7 Å². The van der Waals surface area contributed by atoms with Crippen LogP contribution in [0.15, 0.2) is 23.0 Å². The van der Waals surface area contributed by atoms with Gasteiger partial charge < -0.3 is 10.3 Å². The van der Waals surface area contributed by atoms with Crippen molar-refractivity contribution in [2.75, 3.05) is 0 Å². The number of halogens is 4. The summed E-state index contributed by atoms with van der Waals surface area (Å²) in [4.78, 5) is 30.1. The van der Waals surface area contributed by atoms with Crippen LogP contribution in [-0.2, 0) is 11.7 Å². The number of amides is 1. The molecule has 0 spiro atoms. The SMILES string of the molecule is Cc1nc(C(=O)NC(C)(C)c2cc(F)c(C(F)(F)F)cc2C)cc(=O)[nH]1. The largest absolute Gasteiger partial charge is 0.419 e. The number of nitrogens with one attached hydrogen (secondary N) is 2. The van der Waals surface area contributed by atoms with E-state index in [9.17, 15) is 27.2 Å². The first-order valence-electron chi connectivity index (χ1n) is 7.59. The molecule has 0 saturated carbocycles. The van der Waals surface area contributed by atoms with Crippen LogP contribution in [0.2, 0.25) is 0 Å². The summed E-state index contributed by atoms with van der Waals surface area (Å²) in [5.74, 6) is -1.90. The Morgan fingerprint density at radius 1 is 1.12 bits per heavy atom. The van der Waals surface area contributed by atoms with E-state index in [0.29, 0.717) is 6.07 Å². The molecule has 0 bridgehead atoms. The Bertz CT molecular complexity index is 917. The number of carbonyl (C=O) groups is 1. The maximum absolute atomic E-state index is 13.9. The molecule has 2 N–H and O–H groups in total. The molecule has 0 unspecified atom stereocenters. The van der Waals surface area contributed by atoms with Gasteiger partial charge in [0.1, 0.15) is 17.3 Å². The van der Waals surface area contributed by atoms with Crippen LogP contribution in [0.3, 0.4) is 0 Å². The van der Waals surface area contributed by atoms with E-state index in [1.54, 1.807) is 0 Å². The Labute approximate surface area is 146 Å². The van der Waals surface area contributed by atoms with Crippen LogP contribution < -0.4 is 10.9 Å². The minimum atomic E-state index is -4.81. The zero-order valence-corrected chi connectivity index (χ0v) is 14.5. The average molecular weight is 371 g/mol. The van der Waals surface area contributed by atoms with Crippen LogP contribution in [0.25, 0.3) is 0 Å². The normalized spacial score (nSPS) is 12.2. The third kappa shape index (κ3) is 4.09. The van der Waals surface area contributed by atoms with E-state index in [1.807, 2.05) is 0 Å². The first-order valence-corrected chi connectivity index (χ1v) is 7.59. The highest BCUT2D eigenvalue weighted by Crippen LogP contribution is 2.35. The Balaban J connectivity index is 2.39. The van der Waals surface area contributed by atoms with Crippen molar-refractivity contribution in [3.05, 3.63) is 62.6 Å². The van der Waals surface area contributed by atoms with Gasteiger partial charge in [0.2, 0.25) is 0 Å². The molecule has 1 heterocycles. The van der Waals surface area contributed by atoms with Gasteiger partial charge in [0.05, 0.1) is 11.1 Å². The summed E-state index contributed by atoms with van der Waals surface area (Å²) in [6.45, 7) is 5.92. The molecule has 0 aliphatic carbocycles. The molecule has 26 heavy (non-hydrogen) atoms. The van der Waals surface area contributed by atoms with Crippen molar-refractivity contribution in [1.82, 2.24) is 15.3 Å². The fraction of sp³-hybridized carbons (Fsp3) is 0.353. The Hall–Kier alpha value is -2.71. The predicted octanol–water partition coefficient (Wildman–Crippen LogP) is 3.21. The van der Waals surface area contributed by atoms with Gasteiger partial charge in [-0.15, -0.1) is 0 Å². The average Bonchev–Trinajstić information content (AvgIpc) is 2.46. The van der Waals surface area contributed by atoms with Crippen molar-refractivity contribution >= 4 is 5.91 Å². The molecule has 0 aliphatic rings. The minimum Gasteiger partial charge on any atom is -0.342 e. The monoisotopic (exact) mass is 371 g/mol. The first kappa shape index (κ1) is 19.6. The van der Waals surface area contributed by atoms with Gasteiger partial charge in [-0.3, -0.25) is 9.59 Å². The van der Waals surface area contributed by atoms with E-state index in [-0.39, 0.29) is 22.6 Å². The molecule has 2 rings (SSSR count). The number of hydrogen-bond donors (Lipinski definition) is 2. The molecule has 0 atom stereocenters. The summed E-state index contributed by atoms with van der Waals surface area (Å²) in [5.41, 5.74) is -2.89. The molecular formula is C17H17F4N3O2. The highest BCUT2D eigenvalue weighted by atomic mass is 19.4. The first-order chi connectivity index (χ1) is 11.8. The molecule has 1 aromatic carbocycles. The Kier molecular flexibility index (Phi) is 4.94. The van der Waals surface area contributed by atoms with Gasteiger partial charge in [-0.05, 0) is 51.0 Å². The number of aryl methyl sites for hydroxylation is 2. The van der Waals surface area contributed by atoms with E-state index >= 15 is 0 Å². The number of rotatable bonds is 3. The van der Waals surface area contributed by atoms with Crippen molar-refractivity contribution in [2.45, 2.75) is 39.4 Å². The van der Waals surface area contributed by atoms with Gasteiger partial charge in [-0.2, -0.15) is 13.2 Å². The van der Waals surface area contributed by atoms with Crippen LogP contribution in [0.1, 0.15) is 46.9 Å². The Morgan fingerprint density at radius 2 is 1.73 bits per heavy atom. The lowest BCUT2D eigenvalue weighted by molar-refractivity contribution is -0.140. The lowest BCUT2D eigenvalue weighted by Gasteiger charge is -2.29. The highest BCUT2D eigenvalue weighted by Gasteiger charge is 2.36. The zero-order chi connectivity index (χ0) is 19.9. The topological polar surface area (TPSA) is 74.8 Å². The van der Waals surface area contributed by atoms with Gasteiger partial charge in [-0.25, -0.2) is 9.37 Å². The molecule has 2 aromatic rings. The van der Waals surface area contributed by atoms with Crippen molar-refractivity contribution in [2.24, 2.45) is 0 Å². The van der Waals surface area contributed by atoms with Gasteiger partial charge in [0.15, 0.2) is 0 Å². The lowest BCUT2D eigenvalue weighted by atomic mass is 9.88. The molecule has 140 valence electrons. The summed E-state index contributed by atoms with van der Waals surface area (Å²) in [6, 6.07) is 2.46. The van der Waals surface area contributed by atoms with Gasteiger partial charge >= 0.3 is 6.18 Å². The fourth-order valence-electron chi connectivity index (χ4n) is 2.68. The summed E-state index contributed by atoms with van der Waals surface area (Å²) in [6.07, 6.45) is -4.81. The summed E-state index contributed by atoms with van der Waals surface area (Å²) >= 11 is 0. The molecule has 0 radical (unpaired) electrons. The second-order valence-electron chi connectivity index (χ2n) is 6.44. The van der Waals surface area contributed by atoms with Crippen molar-refractivity contribution in [1.29, 1.82) is 0 Å². The number of nitrogens with zero attached hydrogens (tertiary/aromatic N) is 1. The fourth-order valence-corrected chi connectivity index (χ4v) is 2.68. The van der Waals surface area contributed by atoms with E-state index in [4.69, 9.17) is 0 Å². The van der Waals surface area contributed by atoms with Crippen LogP contribution in [-0.4, -0.2) is 15.9 Å². The second-order valence-corrected chi connectivity index (χ2v) is 6.44.